The van der Waals surface area contributed by atoms with Gasteiger partial charge in [-0.3, -0.25) is 4.79 Å². The molecule has 0 saturated carbocycles. The van der Waals surface area contributed by atoms with Crippen LogP contribution in [0.25, 0.3) is 0 Å². The maximum Gasteiger partial charge on any atom is 0.240 e. The maximum absolute atomic E-state index is 12.5. The van der Waals surface area contributed by atoms with Crippen molar-refractivity contribution in [3.8, 4) is 5.75 Å². The topological polar surface area (TPSA) is 75.7 Å². The van der Waals surface area contributed by atoms with Crippen LogP contribution in [0.15, 0.2) is 47.4 Å². The molecule has 6 nitrogen and oxygen atoms in total. The summed E-state index contributed by atoms with van der Waals surface area (Å²) < 4.78 is 31.7. The summed E-state index contributed by atoms with van der Waals surface area (Å²) in [6.07, 6.45) is 1.56. The van der Waals surface area contributed by atoms with Crippen molar-refractivity contribution in [2.45, 2.75) is 24.2 Å². The molecule has 144 valence electrons. The smallest absolute Gasteiger partial charge is 0.240 e. The molecule has 0 aromatic heterocycles. The van der Waals surface area contributed by atoms with Gasteiger partial charge in [-0.15, -0.1) is 0 Å². The Bertz CT molecular complexity index is 946. The van der Waals surface area contributed by atoms with Gasteiger partial charge < -0.3 is 9.64 Å². The fraction of sp³-hybridized carbons (Fsp3) is 0.316. The van der Waals surface area contributed by atoms with Gasteiger partial charge in [-0.1, -0.05) is 23.7 Å². The van der Waals surface area contributed by atoms with Crippen LogP contribution in [-0.2, 0) is 21.2 Å². The summed E-state index contributed by atoms with van der Waals surface area (Å²) in [7, 11) is -2.11. The van der Waals surface area contributed by atoms with Crippen molar-refractivity contribution in [3.05, 3.63) is 53.1 Å². The highest BCUT2D eigenvalue weighted by atomic mass is 35.5. The SMILES string of the molecule is CNS(=O)(=O)c1ccc2c(c1)CCN2C(=O)CCCOc1ccccc1Cl. The molecule has 1 aliphatic rings. The Kier molecular flexibility index (Phi) is 6.04. The van der Waals surface area contributed by atoms with Crippen LogP contribution in [0.4, 0.5) is 5.69 Å². The average molecular weight is 409 g/mol. The number of anilines is 1. The predicted molar refractivity (Wildman–Crippen MR) is 105 cm³/mol. The maximum atomic E-state index is 12.5. The van der Waals surface area contributed by atoms with Gasteiger partial charge in [0.2, 0.25) is 15.9 Å². The first kappa shape index (κ1) is 19.7. The van der Waals surface area contributed by atoms with Gasteiger partial charge in [0.25, 0.3) is 0 Å². The summed E-state index contributed by atoms with van der Waals surface area (Å²) >= 11 is 6.03. The standard InChI is InChI=1S/C19H21ClN2O4S/c1-21-27(24,25)15-8-9-17-14(13-15)10-11-22(17)19(23)7-4-12-26-18-6-3-2-5-16(18)20/h2-3,5-6,8-9,13,21H,4,7,10-12H2,1H3. The molecule has 3 rings (SSSR count). The lowest BCUT2D eigenvalue weighted by molar-refractivity contribution is -0.118. The second-order valence-electron chi connectivity index (χ2n) is 6.18. The Morgan fingerprint density at radius 2 is 2.04 bits per heavy atom. The number of nitrogens with one attached hydrogen (secondary N) is 1. The number of rotatable bonds is 7. The normalized spacial score (nSPS) is 13.5. The number of benzene rings is 2. The van der Waals surface area contributed by atoms with Crippen LogP contribution in [0, 0.1) is 0 Å². The summed E-state index contributed by atoms with van der Waals surface area (Å²) in [5.41, 5.74) is 1.65. The van der Waals surface area contributed by atoms with Crippen LogP contribution in [0.1, 0.15) is 18.4 Å². The van der Waals surface area contributed by atoms with Crippen LogP contribution in [0.2, 0.25) is 5.02 Å². The number of nitrogens with zero attached hydrogens (tertiary/aromatic N) is 1. The van der Waals surface area contributed by atoms with E-state index >= 15 is 0 Å². The molecule has 0 fully saturated rings. The molecule has 2 aromatic carbocycles. The fourth-order valence-corrected chi connectivity index (χ4v) is 4.00. The quantitative estimate of drug-likeness (QED) is 0.714. The molecule has 1 N–H and O–H groups in total. The van der Waals surface area contributed by atoms with Crippen LogP contribution < -0.4 is 14.4 Å². The largest absolute Gasteiger partial charge is 0.492 e. The minimum absolute atomic E-state index is 0.000678. The molecule has 0 aliphatic carbocycles. The molecule has 1 amide bonds. The third-order valence-electron chi connectivity index (χ3n) is 4.46. The van der Waals surface area contributed by atoms with Gasteiger partial charge in [-0.05, 0) is 55.8 Å². The lowest BCUT2D eigenvalue weighted by atomic mass is 10.2. The van der Waals surface area contributed by atoms with Crippen molar-refractivity contribution < 1.29 is 17.9 Å². The van der Waals surface area contributed by atoms with Crippen molar-refractivity contribution in [1.82, 2.24) is 4.72 Å². The highest BCUT2D eigenvalue weighted by Gasteiger charge is 2.26. The van der Waals surface area contributed by atoms with E-state index in [1.165, 1.54) is 13.1 Å². The van der Waals surface area contributed by atoms with Crippen LogP contribution in [0.3, 0.4) is 0 Å². The zero-order valence-electron chi connectivity index (χ0n) is 14.9. The molecule has 8 heteroatoms. The number of sulfonamides is 1. The Morgan fingerprint density at radius 1 is 1.26 bits per heavy atom. The van der Waals surface area contributed by atoms with Crippen molar-refractivity contribution >= 4 is 33.2 Å². The van der Waals surface area contributed by atoms with Crippen molar-refractivity contribution in [3.63, 3.8) is 0 Å². The van der Waals surface area contributed by atoms with Crippen molar-refractivity contribution in [2.24, 2.45) is 0 Å². The minimum atomic E-state index is -3.49. The Hall–Kier alpha value is -2.09. The average Bonchev–Trinajstić information content (AvgIpc) is 3.09. The molecule has 1 heterocycles. The van der Waals surface area contributed by atoms with E-state index in [0.29, 0.717) is 43.2 Å². The second kappa shape index (κ2) is 8.29. The first-order valence-corrected chi connectivity index (χ1v) is 10.5. The second-order valence-corrected chi connectivity index (χ2v) is 8.47. The molecule has 0 atom stereocenters. The number of carbonyl (C=O) groups is 1. The van der Waals surface area contributed by atoms with E-state index in [2.05, 4.69) is 4.72 Å². The van der Waals surface area contributed by atoms with E-state index in [-0.39, 0.29) is 10.8 Å². The lowest BCUT2D eigenvalue weighted by Gasteiger charge is -2.18. The van der Waals surface area contributed by atoms with Gasteiger partial charge in [0, 0.05) is 18.7 Å². The first-order chi connectivity index (χ1) is 12.9. The van der Waals surface area contributed by atoms with Crippen LogP contribution in [0.5, 0.6) is 5.75 Å². The molecular formula is C19H21ClN2O4S. The molecular weight excluding hydrogens is 388 g/mol. The molecule has 0 unspecified atom stereocenters. The van der Waals surface area contributed by atoms with Gasteiger partial charge >= 0.3 is 0 Å². The van der Waals surface area contributed by atoms with Crippen molar-refractivity contribution in [2.75, 3.05) is 25.1 Å². The molecule has 0 saturated heterocycles. The Balaban J connectivity index is 1.57. The summed E-state index contributed by atoms with van der Waals surface area (Å²) in [5, 5.41) is 0.546. The van der Waals surface area contributed by atoms with Gasteiger partial charge in [-0.2, -0.15) is 0 Å². The van der Waals surface area contributed by atoms with Crippen LogP contribution in [-0.4, -0.2) is 34.5 Å². The highest BCUT2D eigenvalue weighted by Crippen LogP contribution is 2.31. The molecule has 2 aromatic rings. The lowest BCUT2D eigenvalue weighted by Crippen LogP contribution is -2.29. The fourth-order valence-electron chi connectivity index (χ4n) is 3.02. The number of carbonyl (C=O) groups excluding carboxylic acids is 1. The zero-order chi connectivity index (χ0) is 19.4. The summed E-state index contributed by atoms with van der Waals surface area (Å²) in [6, 6.07) is 12.1. The van der Waals surface area contributed by atoms with Gasteiger partial charge in [0.05, 0.1) is 16.5 Å². The van der Waals surface area contributed by atoms with E-state index in [4.69, 9.17) is 16.3 Å². The minimum Gasteiger partial charge on any atom is -0.492 e. The third-order valence-corrected chi connectivity index (χ3v) is 6.18. The monoisotopic (exact) mass is 408 g/mol. The zero-order valence-corrected chi connectivity index (χ0v) is 16.5. The number of hydrogen-bond acceptors (Lipinski definition) is 4. The molecule has 27 heavy (non-hydrogen) atoms. The van der Waals surface area contributed by atoms with Crippen molar-refractivity contribution in [1.29, 1.82) is 0 Å². The Labute approximate surface area is 164 Å². The third kappa shape index (κ3) is 4.43. The predicted octanol–water partition coefficient (Wildman–Crippen LogP) is 3.00. The number of hydrogen-bond donors (Lipinski definition) is 1. The van der Waals surface area contributed by atoms with Gasteiger partial charge in [0.1, 0.15) is 5.75 Å². The number of fused-ring (bicyclic) bond motifs is 1. The van der Waals surface area contributed by atoms with E-state index in [9.17, 15) is 13.2 Å². The first-order valence-electron chi connectivity index (χ1n) is 8.66. The molecule has 1 aliphatic heterocycles. The number of para-hydroxylation sites is 1. The molecule has 0 bridgehead atoms. The van der Waals surface area contributed by atoms with E-state index < -0.39 is 10.0 Å². The number of amides is 1. The molecule has 0 spiro atoms. The summed E-state index contributed by atoms with van der Waals surface area (Å²) in [5.74, 6) is 0.608. The Morgan fingerprint density at radius 3 is 2.78 bits per heavy atom. The summed E-state index contributed by atoms with van der Waals surface area (Å²) in [6.45, 7) is 0.956. The van der Waals surface area contributed by atoms with Gasteiger partial charge in [0.15, 0.2) is 0 Å². The number of ether oxygens (including phenoxy) is 1. The number of halogens is 1. The summed E-state index contributed by atoms with van der Waals surface area (Å²) in [4.78, 5) is 14.5. The van der Waals surface area contributed by atoms with Crippen LogP contribution >= 0.6 is 11.6 Å². The molecule has 0 radical (unpaired) electrons. The highest BCUT2D eigenvalue weighted by molar-refractivity contribution is 7.89. The van der Waals surface area contributed by atoms with Gasteiger partial charge in [-0.25, -0.2) is 13.1 Å². The van der Waals surface area contributed by atoms with E-state index in [1.807, 2.05) is 12.1 Å². The van der Waals surface area contributed by atoms with E-state index in [0.717, 1.165) is 11.3 Å². The van der Waals surface area contributed by atoms with E-state index in [1.54, 1.807) is 29.2 Å².